The zero-order valence-corrected chi connectivity index (χ0v) is 21.7. The summed E-state index contributed by atoms with van der Waals surface area (Å²) < 4.78 is 5.91. The first-order valence-corrected chi connectivity index (χ1v) is 12.3. The molecule has 0 bridgehead atoms. The van der Waals surface area contributed by atoms with Crippen LogP contribution in [0.1, 0.15) is 29.2 Å². The van der Waals surface area contributed by atoms with Crippen molar-refractivity contribution in [3.8, 4) is 5.75 Å². The van der Waals surface area contributed by atoms with Gasteiger partial charge in [-0.1, -0.05) is 71.7 Å². The Morgan fingerprint density at radius 1 is 0.971 bits per heavy atom. The summed E-state index contributed by atoms with van der Waals surface area (Å²) in [5, 5.41) is 3.73. The third kappa shape index (κ3) is 7.23. The molecule has 35 heavy (non-hydrogen) atoms. The Morgan fingerprint density at radius 2 is 1.66 bits per heavy atom. The number of aryl methyl sites for hydroxylation is 2. The molecule has 1 unspecified atom stereocenters. The van der Waals surface area contributed by atoms with E-state index in [1.807, 2.05) is 69.3 Å². The minimum atomic E-state index is -0.778. The van der Waals surface area contributed by atoms with Gasteiger partial charge in [0, 0.05) is 35.1 Å². The highest BCUT2D eigenvalue weighted by atomic mass is 35.5. The summed E-state index contributed by atoms with van der Waals surface area (Å²) >= 11 is 12.9. The number of hydrogen-bond donors (Lipinski definition) is 1. The van der Waals surface area contributed by atoms with Gasteiger partial charge in [-0.2, -0.15) is 0 Å². The van der Waals surface area contributed by atoms with Crippen molar-refractivity contribution in [3.63, 3.8) is 0 Å². The van der Waals surface area contributed by atoms with Gasteiger partial charge in [-0.25, -0.2) is 0 Å². The summed E-state index contributed by atoms with van der Waals surface area (Å²) in [6, 6.07) is 19.8. The Hall–Kier alpha value is -3.02. The van der Waals surface area contributed by atoms with E-state index in [0.29, 0.717) is 34.3 Å². The van der Waals surface area contributed by atoms with Crippen molar-refractivity contribution >= 4 is 35.0 Å². The van der Waals surface area contributed by atoms with Gasteiger partial charge < -0.3 is 15.0 Å². The molecule has 0 aromatic heterocycles. The van der Waals surface area contributed by atoms with Crippen LogP contribution in [-0.2, 0) is 22.6 Å². The third-order valence-corrected chi connectivity index (χ3v) is 6.42. The molecule has 3 aromatic carbocycles. The van der Waals surface area contributed by atoms with Crippen LogP contribution >= 0.6 is 23.2 Å². The molecule has 184 valence electrons. The van der Waals surface area contributed by atoms with E-state index in [4.69, 9.17) is 27.9 Å². The number of nitrogens with zero attached hydrogens (tertiary/aromatic N) is 1. The van der Waals surface area contributed by atoms with Gasteiger partial charge >= 0.3 is 0 Å². The Bertz CT molecular complexity index is 1150. The van der Waals surface area contributed by atoms with Crippen LogP contribution in [0, 0.1) is 13.8 Å². The van der Waals surface area contributed by atoms with Crippen molar-refractivity contribution in [2.75, 3.05) is 13.2 Å². The first kappa shape index (κ1) is 26.6. The number of carbonyl (C=O) groups is 2. The molecule has 0 heterocycles. The topological polar surface area (TPSA) is 58.6 Å². The van der Waals surface area contributed by atoms with Crippen LogP contribution in [0.2, 0.25) is 10.0 Å². The summed E-state index contributed by atoms with van der Waals surface area (Å²) in [4.78, 5) is 28.3. The number of amides is 2. The summed E-state index contributed by atoms with van der Waals surface area (Å²) in [5.41, 5.74) is 3.47. The van der Waals surface area contributed by atoms with Crippen molar-refractivity contribution < 1.29 is 14.3 Å². The Morgan fingerprint density at radius 3 is 2.31 bits per heavy atom. The van der Waals surface area contributed by atoms with Gasteiger partial charge in [0.15, 0.2) is 6.61 Å². The predicted octanol–water partition coefficient (Wildman–Crippen LogP) is 5.77. The van der Waals surface area contributed by atoms with E-state index >= 15 is 0 Å². The molecular weight excluding hydrogens is 483 g/mol. The molecule has 0 spiro atoms. The van der Waals surface area contributed by atoms with Crippen molar-refractivity contribution in [1.29, 1.82) is 0 Å². The lowest BCUT2D eigenvalue weighted by Gasteiger charge is -2.32. The second-order valence-electron chi connectivity index (χ2n) is 8.38. The number of nitrogens with one attached hydrogen (secondary N) is 1. The first-order valence-electron chi connectivity index (χ1n) is 11.5. The third-order valence-electron chi connectivity index (χ3n) is 5.71. The largest absolute Gasteiger partial charge is 0.483 e. The van der Waals surface area contributed by atoms with E-state index in [2.05, 4.69) is 5.32 Å². The highest BCUT2D eigenvalue weighted by Crippen LogP contribution is 2.27. The second kappa shape index (κ2) is 12.6. The van der Waals surface area contributed by atoms with Gasteiger partial charge in [-0.05, 0) is 55.7 Å². The normalized spacial score (nSPS) is 11.6. The van der Waals surface area contributed by atoms with Gasteiger partial charge in [0.05, 0.1) is 0 Å². The SMILES string of the molecule is CCNC(=O)C(Cc1ccccc1)N(Cc1c(Cl)cccc1Cl)C(=O)COc1cc(C)ccc1C. The van der Waals surface area contributed by atoms with E-state index < -0.39 is 6.04 Å². The lowest BCUT2D eigenvalue weighted by Crippen LogP contribution is -2.51. The monoisotopic (exact) mass is 512 g/mol. The molecule has 0 aliphatic carbocycles. The summed E-state index contributed by atoms with van der Waals surface area (Å²) in [6.07, 6.45) is 0.337. The Balaban J connectivity index is 1.96. The molecule has 0 aliphatic heterocycles. The van der Waals surface area contributed by atoms with E-state index in [1.54, 1.807) is 18.2 Å². The van der Waals surface area contributed by atoms with Crippen molar-refractivity contribution in [3.05, 3.63) is 99.0 Å². The van der Waals surface area contributed by atoms with Crippen LogP contribution in [0.25, 0.3) is 0 Å². The molecule has 1 N–H and O–H groups in total. The average Bonchev–Trinajstić information content (AvgIpc) is 2.84. The number of halogens is 2. The molecule has 0 saturated heterocycles. The molecule has 2 amide bonds. The molecular formula is C28H30Cl2N2O3. The smallest absolute Gasteiger partial charge is 0.261 e. The van der Waals surface area contributed by atoms with Gasteiger partial charge in [0.25, 0.3) is 5.91 Å². The number of benzene rings is 3. The molecule has 0 saturated carbocycles. The number of rotatable bonds is 10. The van der Waals surface area contributed by atoms with Gasteiger partial charge in [-0.15, -0.1) is 0 Å². The van der Waals surface area contributed by atoms with Crippen LogP contribution < -0.4 is 10.1 Å². The average molecular weight is 513 g/mol. The lowest BCUT2D eigenvalue weighted by atomic mass is 10.0. The fourth-order valence-electron chi connectivity index (χ4n) is 3.78. The van der Waals surface area contributed by atoms with Crippen molar-refractivity contribution in [2.24, 2.45) is 0 Å². The highest BCUT2D eigenvalue weighted by Gasteiger charge is 2.31. The number of hydrogen-bond acceptors (Lipinski definition) is 3. The summed E-state index contributed by atoms with van der Waals surface area (Å²) in [7, 11) is 0. The molecule has 3 aromatic rings. The fraction of sp³-hybridized carbons (Fsp3) is 0.286. The quantitative estimate of drug-likeness (QED) is 0.375. The van der Waals surface area contributed by atoms with Crippen molar-refractivity contribution in [1.82, 2.24) is 10.2 Å². The molecule has 0 fully saturated rings. The number of likely N-dealkylation sites (N-methyl/N-ethyl adjacent to an activating group) is 1. The summed E-state index contributed by atoms with van der Waals surface area (Å²) in [6.45, 7) is 6.02. The Kier molecular flexibility index (Phi) is 9.58. The minimum Gasteiger partial charge on any atom is -0.483 e. The molecule has 0 radical (unpaired) electrons. The maximum atomic E-state index is 13.6. The summed E-state index contributed by atoms with van der Waals surface area (Å²) in [5.74, 6) is 0.0420. The zero-order chi connectivity index (χ0) is 25.4. The Labute approximate surface area is 217 Å². The minimum absolute atomic E-state index is 0.0716. The van der Waals surface area contributed by atoms with Gasteiger partial charge in [-0.3, -0.25) is 9.59 Å². The van der Waals surface area contributed by atoms with E-state index in [-0.39, 0.29) is 25.0 Å². The first-order chi connectivity index (χ1) is 16.8. The maximum Gasteiger partial charge on any atom is 0.261 e. The molecule has 0 aliphatic rings. The van der Waals surface area contributed by atoms with Crippen LogP contribution in [0.5, 0.6) is 5.75 Å². The van der Waals surface area contributed by atoms with Crippen molar-refractivity contribution in [2.45, 2.75) is 39.8 Å². The van der Waals surface area contributed by atoms with E-state index in [9.17, 15) is 9.59 Å². The van der Waals surface area contributed by atoms with Crippen LogP contribution in [-0.4, -0.2) is 35.9 Å². The van der Waals surface area contributed by atoms with Crippen LogP contribution in [0.15, 0.2) is 66.7 Å². The molecule has 7 heteroatoms. The lowest BCUT2D eigenvalue weighted by molar-refractivity contribution is -0.142. The zero-order valence-electron chi connectivity index (χ0n) is 20.2. The van der Waals surface area contributed by atoms with Crippen LogP contribution in [0.4, 0.5) is 0 Å². The van der Waals surface area contributed by atoms with Crippen LogP contribution in [0.3, 0.4) is 0 Å². The molecule has 3 rings (SSSR count). The van der Waals surface area contributed by atoms with E-state index in [0.717, 1.165) is 16.7 Å². The van der Waals surface area contributed by atoms with E-state index in [1.165, 1.54) is 4.90 Å². The predicted molar refractivity (Wildman–Crippen MR) is 141 cm³/mol. The number of carbonyl (C=O) groups excluding carboxylic acids is 2. The van der Waals surface area contributed by atoms with Gasteiger partial charge in [0.2, 0.25) is 5.91 Å². The molecule has 5 nitrogen and oxygen atoms in total. The van der Waals surface area contributed by atoms with Gasteiger partial charge in [0.1, 0.15) is 11.8 Å². The standard InChI is InChI=1S/C28H30Cl2N2O3/c1-4-31-28(34)25(16-21-9-6-5-7-10-21)32(17-22-23(29)11-8-12-24(22)30)27(33)18-35-26-15-19(2)13-14-20(26)3/h5-15,25H,4,16-18H2,1-3H3,(H,31,34). The fourth-order valence-corrected chi connectivity index (χ4v) is 4.30. The number of ether oxygens (including phenoxy) is 1. The molecule has 1 atom stereocenters. The second-order valence-corrected chi connectivity index (χ2v) is 9.19. The maximum absolute atomic E-state index is 13.6. The highest BCUT2D eigenvalue weighted by molar-refractivity contribution is 6.36.